The summed E-state index contributed by atoms with van der Waals surface area (Å²) in [6.07, 6.45) is 12.1. The van der Waals surface area contributed by atoms with Gasteiger partial charge in [-0.1, -0.05) is 32.1 Å². The summed E-state index contributed by atoms with van der Waals surface area (Å²) in [5.74, 6) is 1.95. The summed E-state index contributed by atoms with van der Waals surface area (Å²) in [4.78, 5) is 25.7. The van der Waals surface area contributed by atoms with Gasteiger partial charge in [-0.25, -0.2) is 0 Å². The highest BCUT2D eigenvalue weighted by atomic mass is 16.4. The van der Waals surface area contributed by atoms with Crippen LogP contribution in [0.3, 0.4) is 0 Å². The van der Waals surface area contributed by atoms with Gasteiger partial charge >= 0.3 is 5.97 Å². The first kappa shape index (κ1) is 17.3. The SMILES string of the molecule is O=C(O)CN(CC1CC1)C1CC(NC(=O)[C@@H]2C[C@H]2C2CCCCC2)C1. The first-order chi connectivity index (χ1) is 12.1. The highest BCUT2D eigenvalue weighted by Crippen LogP contribution is 2.49. The number of nitrogens with one attached hydrogen (secondary N) is 1. The zero-order chi connectivity index (χ0) is 17.4. The Morgan fingerprint density at radius 3 is 2.36 bits per heavy atom. The van der Waals surface area contributed by atoms with Crippen LogP contribution in [0, 0.1) is 23.7 Å². The molecule has 5 nitrogen and oxygen atoms in total. The topological polar surface area (TPSA) is 69.6 Å². The second-order valence-corrected chi connectivity index (χ2v) is 9.00. The summed E-state index contributed by atoms with van der Waals surface area (Å²) in [6, 6.07) is 0.607. The lowest BCUT2D eigenvalue weighted by Crippen LogP contribution is -2.55. The molecular formula is C20H32N2O3. The molecule has 1 amide bonds. The van der Waals surface area contributed by atoms with Crippen molar-refractivity contribution < 1.29 is 14.7 Å². The smallest absolute Gasteiger partial charge is 0.317 e. The monoisotopic (exact) mass is 348 g/mol. The minimum absolute atomic E-state index is 0.147. The molecule has 0 aliphatic heterocycles. The second-order valence-electron chi connectivity index (χ2n) is 9.00. The number of carbonyl (C=O) groups is 2. The summed E-state index contributed by atoms with van der Waals surface area (Å²) < 4.78 is 0. The number of nitrogens with zero attached hydrogens (tertiary/aromatic N) is 1. The first-order valence-electron chi connectivity index (χ1n) is 10.4. The van der Waals surface area contributed by atoms with E-state index in [1.807, 2.05) is 0 Å². The molecule has 4 rings (SSSR count). The van der Waals surface area contributed by atoms with Crippen LogP contribution < -0.4 is 5.32 Å². The molecule has 2 atom stereocenters. The number of hydrogen-bond acceptors (Lipinski definition) is 3. The second kappa shape index (κ2) is 7.26. The highest BCUT2D eigenvalue weighted by Gasteiger charge is 2.48. The van der Waals surface area contributed by atoms with Gasteiger partial charge in [0.1, 0.15) is 0 Å². The van der Waals surface area contributed by atoms with Crippen molar-refractivity contribution in [3.05, 3.63) is 0 Å². The van der Waals surface area contributed by atoms with E-state index in [0.717, 1.165) is 31.7 Å². The lowest BCUT2D eigenvalue weighted by molar-refractivity contribution is -0.140. The Bertz CT molecular complexity index is 507. The average molecular weight is 348 g/mol. The maximum Gasteiger partial charge on any atom is 0.317 e. The summed E-state index contributed by atoms with van der Waals surface area (Å²) in [5, 5.41) is 12.4. The van der Waals surface area contributed by atoms with E-state index in [2.05, 4.69) is 10.2 Å². The van der Waals surface area contributed by atoms with Crippen molar-refractivity contribution in [2.75, 3.05) is 13.1 Å². The largest absolute Gasteiger partial charge is 0.480 e. The van der Waals surface area contributed by atoms with Crippen LogP contribution in [-0.4, -0.2) is 47.1 Å². The van der Waals surface area contributed by atoms with Crippen molar-refractivity contribution >= 4 is 11.9 Å². The van der Waals surface area contributed by atoms with Crippen LogP contribution in [-0.2, 0) is 9.59 Å². The molecule has 4 fully saturated rings. The molecule has 4 aliphatic carbocycles. The maximum atomic E-state index is 12.5. The lowest BCUT2D eigenvalue weighted by atomic mass is 9.84. The van der Waals surface area contributed by atoms with Crippen LogP contribution in [0.5, 0.6) is 0 Å². The van der Waals surface area contributed by atoms with Gasteiger partial charge < -0.3 is 10.4 Å². The van der Waals surface area contributed by atoms with E-state index in [0.29, 0.717) is 17.9 Å². The van der Waals surface area contributed by atoms with Crippen LogP contribution in [0.15, 0.2) is 0 Å². The van der Waals surface area contributed by atoms with Gasteiger partial charge in [0.2, 0.25) is 5.91 Å². The van der Waals surface area contributed by atoms with Crippen molar-refractivity contribution in [1.29, 1.82) is 0 Å². The molecule has 4 aliphatic rings. The van der Waals surface area contributed by atoms with Crippen LogP contribution in [0.25, 0.3) is 0 Å². The number of aliphatic carboxylic acids is 1. The predicted molar refractivity (Wildman–Crippen MR) is 95.1 cm³/mol. The lowest BCUT2D eigenvalue weighted by Gasteiger charge is -2.42. The number of carboxylic acids is 1. The zero-order valence-electron chi connectivity index (χ0n) is 15.2. The summed E-state index contributed by atoms with van der Waals surface area (Å²) in [7, 11) is 0. The van der Waals surface area contributed by atoms with Crippen molar-refractivity contribution in [2.24, 2.45) is 23.7 Å². The standard InChI is InChI=1S/C20H32N2O3/c23-19(24)12-22(11-13-6-7-13)16-8-15(9-16)21-20(25)18-10-17(18)14-4-2-1-3-5-14/h13-18H,1-12H2,(H,21,25)(H,23,24)/t15?,16?,17-,18+/m0/s1. The van der Waals surface area contributed by atoms with Crippen molar-refractivity contribution in [1.82, 2.24) is 10.2 Å². The fraction of sp³-hybridized carbons (Fsp3) is 0.900. The molecule has 0 unspecified atom stereocenters. The number of rotatable bonds is 8. The fourth-order valence-corrected chi connectivity index (χ4v) is 5.06. The third kappa shape index (κ3) is 4.36. The number of amides is 1. The van der Waals surface area contributed by atoms with Crippen molar-refractivity contribution in [3.63, 3.8) is 0 Å². The molecule has 0 spiro atoms. The van der Waals surface area contributed by atoms with E-state index in [9.17, 15) is 9.59 Å². The van der Waals surface area contributed by atoms with E-state index < -0.39 is 5.97 Å². The number of carboxylic acid groups (broad SMARTS) is 1. The van der Waals surface area contributed by atoms with E-state index in [1.165, 1.54) is 44.9 Å². The molecule has 0 heterocycles. The third-order valence-electron chi connectivity index (χ3n) is 6.94. The number of hydrogen-bond donors (Lipinski definition) is 2. The minimum atomic E-state index is -0.735. The molecule has 25 heavy (non-hydrogen) atoms. The van der Waals surface area contributed by atoms with Crippen molar-refractivity contribution in [2.45, 2.75) is 76.3 Å². The fourth-order valence-electron chi connectivity index (χ4n) is 5.06. The Morgan fingerprint density at radius 2 is 1.72 bits per heavy atom. The van der Waals surface area contributed by atoms with Gasteiger partial charge in [-0.3, -0.25) is 14.5 Å². The van der Waals surface area contributed by atoms with Crippen LogP contribution >= 0.6 is 0 Å². The Balaban J connectivity index is 1.18. The molecule has 140 valence electrons. The normalized spacial score (nSPS) is 35.2. The molecular weight excluding hydrogens is 316 g/mol. The van der Waals surface area contributed by atoms with E-state index in [-0.39, 0.29) is 24.4 Å². The number of carbonyl (C=O) groups excluding carboxylic acids is 1. The van der Waals surface area contributed by atoms with Gasteiger partial charge in [-0.15, -0.1) is 0 Å². The van der Waals surface area contributed by atoms with Gasteiger partial charge in [-0.05, 0) is 49.9 Å². The third-order valence-corrected chi connectivity index (χ3v) is 6.94. The molecule has 2 N–H and O–H groups in total. The molecule has 0 aromatic heterocycles. The van der Waals surface area contributed by atoms with Crippen molar-refractivity contribution in [3.8, 4) is 0 Å². The van der Waals surface area contributed by atoms with E-state index in [4.69, 9.17) is 5.11 Å². The van der Waals surface area contributed by atoms with Crippen LogP contribution in [0.1, 0.15) is 64.2 Å². The Hall–Kier alpha value is -1.10. The molecule has 5 heteroatoms. The summed E-state index contributed by atoms with van der Waals surface area (Å²) >= 11 is 0. The van der Waals surface area contributed by atoms with Crippen LogP contribution in [0.2, 0.25) is 0 Å². The molecule has 0 aromatic rings. The van der Waals surface area contributed by atoms with E-state index >= 15 is 0 Å². The highest BCUT2D eigenvalue weighted by molar-refractivity contribution is 5.82. The predicted octanol–water partition coefficient (Wildman–Crippen LogP) is 2.65. The van der Waals surface area contributed by atoms with Gasteiger partial charge in [0.15, 0.2) is 0 Å². The van der Waals surface area contributed by atoms with Gasteiger partial charge in [0, 0.05) is 24.5 Å². The van der Waals surface area contributed by atoms with E-state index in [1.54, 1.807) is 0 Å². The summed E-state index contributed by atoms with van der Waals surface area (Å²) in [5.41, 5.74) is 0. The summed E-state index contributed by atoms with van der Waals surface area (Å²) in [6.45, 7) is 1.07. The zero-order valence-corrected chi connectivity index (χ0v) is 15.2. The van der Waals surface area contributed by atoms with Gasteiger partial charge in [0.25, 0.3) is 0 Å². The molecule has 0 saturated heterocycles. The van der Waals surface area contributed by atoms with Gasteiger partial charge in [-0.2, -0.15) is 0 Å². The molecule has 4 saturated carbocycles. The quantitative estimate of drug-likeness (QED) is 0.707. The molecule has 0 radical (unpaired) electrons. The van der Waals surface area contributed by atoms with Gasteiger partial charge in [0.05, 0.1) is 6.54 Å². The first-order valence-corrected chi connectivity index (χ1v) is 10.4. The molecule has 0 bridgehead atoms. The Labute approximate surface area is 150 Å². The molecule has 0 aromatic carbocycles. The maximum absolute atomic E-state index is 12.5. The average Bonchev–Trinajstić information content (AvgIpc) is 3.43. The Kier molecular flexibility index (Phi) is 5.03. The minimum Gasteiger partial charge on any atom is -0.480 e. The Morgan fingerprint density at radius 1 is 1.00 bits per heavy atom. The van der Waals surface area contributed by atoms with Crippen LogP contribution in [0.4, 0.5) is 0 Å².